The van der Waals surface area contributed by atoms with Crippen LogP contribution in [0.15, 0.2) is 29.3 Å². The molecule has 0 unspecified atom stereocenters. The summed E-state index contributed by atoms with van der Waals surface area (Å²) in [6.07, 6.45) is -0.421. The number of hydrogen-bond donors (Lipinski definition) is 1. The van der Waals surface area contributed by atoms with Crippen LogP contribution in [-0.4, -0.2) is 16.9 Å². The Bertz CT molecular complexity index is 488. The molecule has 19 heavy (non-hydrogen) atoms. The molecule has 0 bridgehead atoms. The highest BCUT2D eigenvalue weighted by molar-refractivity contribution is 7.78. The van der Waals surface area contributed by atoms with Gasteiger partial charge in [0.05, 0.1) is 11.7 Å². The van der Waals surface area contributed by atoms with Crippen LogP contribution in [-0.2, 0) is 17.8 Å². The van der Waals surface area contributed by atoms with Crippen molar-refractivity contribution in [2.45, 2.75) is 39.5 Å². The molecule has 0 radical (unpaired) electrons. The number of amides is 1. The van der Waals surface area contributed by atoms with Crippen LogP contribution in [0.4, 0.5) is 4.79 Å². The van der Waals surface area contributed by atoms with E-state index in [1.54, 1.807) is 0 Å². The molecule has 0 atom stereocenters. The number of nitrogens with zero attached hydrogens (tertiary/aromatic N) is 1. The predicted octanol–water partition coefficient (Wildman–Crippen LogP) is 3.31. The van der Waals surface area contributed by atoms with Gasteiger partial charge in [-0.3, -0.25) is 0 Å². The second-order valence-electron chi connectivity index (χ2n) is 5.08. The molecule has 102 valence electrons. The van der Waals surface area contributed by atoms with Gasteiger partial charge < -0.3 is 10.1 Å². The average molecular weight is 278 g/mol. The largest absolute Gasteiger partial charge is 0.444 e. The van der Waals surface area contributed by atoms with Gasteiger partial charge in [-0.15, -0.1) is 0 Å². The van der Waals surface area contributed by atoms with Crippen molar-refractivity contribution in [2.75, 3.05) is 0 Å². The summed E-state index contributed by atoms with van der Waals surface area (Å²) in [5.41, 5.74) is 1.53. The van der Waals surface area contributed by atoms with E-state index in [9.17, 15) is 4.79 Å². The van der Waals surface area contributed by atoms with Crippen molar-refractivity contribution in [1.29, 1.82) is 0 Å². The molecular formula is C14H18N2O2S. The highest BCUT2D eigenvalue weighted by Gasteiger charge is 2.15. The molecule has 1 aromatic carbocycles. The molecule has 0 fully saturated rings. The van der Waals surface area contributed by atoms with Crippen molar-refractivity contribution in [3.63, 3.8) is 0 Å². The van der Waals surface area contributed by atoms with E-state index in [0.29, 0.717) is 13.1 Å². The molecule has 1 aromatic rings. The third-order valence-corrected chi connectivity index (χ3v) is 2.28. The van der Waals surface area contributed by atoms with Crippen molar-refractivity contribution in [3.8, 4) is 0 Å². The zero-order valence-corrected chi connectivity index (χ0v) is 12.2. The smallest absolute Gasteiger partial charge is 0.407 e. The fraction of sp³-hybridized carbons (Fsp3) is 0.429. The lowest BCUT2D eigenvalue weighted by molar-refractivity contribution is 0.0523. The van der Waals surface area contributed by atoms with Gasteiger partial charge in [0.1, 0.15) is 5.60 Å². The van der Waals surface area contributed by atoms with Crippen LogP contribution in [0, 0.1) is 0 Å². The third kappa shape index (κ3) is 6.70. The van der Waals surface area contributed by atoms with Crippen molar-refractivity contribution in [2.24, 2.45) is 4.99 Å². The monoisotopic (exact) mass is 278 g/mol. The number of isothiocyanates is 1. The lowest BCUT2D eigenvalue weighted by Crippen LogP contribution is -2.32. The van der Waals surface area contributed by atoms with Gasteiger partial charge in [-0.05, 0) is 44.1 Å². The third-order valence-electron chi connectivity index (χ3n) is 2.15. The predicted molar refractivity (Wildman–Crippen MR) is 78.2 cm³/mol. The van der Waals surface area contributed by atoms with E-state index < -0.39 is 11.7 Å². The number of nitrogens with one attached hydrogen (secondary N) is 1. The Labute approximate surface area is 118 Å². The summed E-state index contributed by atoms with van der Waals surface area (Å²) < 4.78 is 5.16. The molecule has 1 amide bonds. The zero-order chi connectivity index (χ0) is 14.3. The number of carbonyl (C=O) groups is 1. The van der Waals surface area contributed by atoms with Crippen LogP contribution in [0.3, 0.4) is 0 Å². The molecular weight excluding hydrogens is 260 g/mol. The first-order chi connectivity index (χ1) is 8.90. The van der Waals surface area contributed by atoms with E-state index in [1.165, 1.54) is 0 Å². The Morgan fingerprint density at radius 2 is 2.11 bits per heavy atom. The highest BCUT2D eigenvalue weighted by atomic mass is 32.1. The Morgan fingerprint density at radius 3 is 2.74 bits per heavy atom. The summed E-state index contributed by atoms with van der Waals surface area (Å²) in [4.78, 5) is 15.4. The van der Waals surface area contributed by atoms with Crippen LogP contribution in [0.1, 0.15) is 31.9 Å². The summed E-state index contributed by atoms with van der Waals surface area (Å²) in [5, 5.41) is 5.04. The van der Waals surface area contributed by atoms with Gasteiger partial charge in [0, 0.05) is 6.54 Å². The van der Waals surface area contributed by atoms with E-state index in [1.807, 2.05) is 45.0 Å². The topological polar surface area (TPSA) is 50.7 Å². The number of carbonyl (C=O) groups excluding carboxylic acids is 1. The number of aliphatic imine (C=N–C) groups is 1. The van der Waals surface area contributed by atoms with E-state index in [2.05, 4.69) is 27.7 Å². The van der Waals surface area contributed by atoms with Crippen molar-refractivity contribution in [1.82, 2.24) is 5.32 Å². The molecule has 4 nitrogen and oxygen atoms in total. The first kappa shape index (κ1) is 15.3. The number of ether oxygens (including phenoxy) is 1. The average Bonchev–Trinajstić information content (AvgIpc) is 2.32. The van der Waals surface area contributed by atoms with Gasteiger partial charge in [-0.25, -0.2) is 9.79 Å². The number of thiocarbonyl (C=S) groups is 1. The molecule has 5 heteroatoms. The summed E-state index contributed by atoms with van der Waals surface area (Å²) in [6, 6.07) is 7.77. The Kier molecular flexibility index (Phi) is 5.67. The van der Waals surface area contributed by atoms with Crippen LogP contribution in [0.2, 0.25) is 0 Å². The first-order valence-corrected chi connectivity index (χ1v) is 6.40. The maximum atomic E-state index is 11.5. The molecule has 0 aliphatic rings. The quantitative estimate of drug-likeness (QED) is 0.679. The summed E-state index contributed by atoms with van der Waals surface area (Å²) in [6.45, 7) is 6.41. The minimum absolute atomic E-state index is 0.421. The van der Waals surface area contributed by atoms with E-state index >= 15 is 0 Å². The lowest BCUT2D eigenvalue weighted by Gasteiger charge is -2.19. The fourth-order valence-electron chi connectivity index (χ4n) is 1.45. The Morgan fingerprint density at radius 1 is 1.42 bits per heavy atom. The van der Waals surface area contributed by atoms with Crippen LogP contribution >= 0.6 is 12.2 Å². The van der Waals surface area contributed by atoms with Crippen molar-refractivity contribution < 1.29 is 9.53 Å². The van der Waals surface area contributed by atoms with Crippen LogP contribution in [0.5, 0.6) is 0 Å². The number of hydrogen-bond acceptors (Lipinski definition) is 4. The fourth-order valence-corrected chi connectivity index (χ4v) is 1.51. The Hall–Kier alpha value is -1.71. The molecule has 0 saturated heterocycles. The molecule has 0 heterocycles. The minimum atomic E-state index is -0.486. The zero-order valence-electron chi connectivity index (χ0n) is 11.4. The minimum Gasteiger partial charge on any atom is -0.444 e. The molecule has 0 aliphatic heterocycles. The SMILES string of the molecule is CC(C)(C)OC(=O)NCc1cccc(CN=C=S)c1. The summed E-state index contributed by atoms with van der Waals surface area (Å²) in [7, 11) is 0. The standard InChI is InChI=1S/C14H18N2O2S/c1-14(2,3)18-13(17)16-9-12-6-4-5-11(7-12)8-15-10-19/h4-7H,8-9H2,1-3H3,(H,16,17). The van der Waals surface area contributed by atoms with E-state index in [4.69, 9.17) is 4.74 Å². The maximum Gasteiger partial charge on any atom is 0.407 e. The second kappa shape index (κ2) is 7.02. The van der Waals surface area contributed by atoms with Gasteiger partial charge in [-0.2, -0.15) is 0 Å². The van der Waals surface area contributed by atoms with Crippen LogP contribution < -0.4 is 5.32 Å². The van der Waals surface area contributed by atoms with E-state index in [-0.39, 0.29) is 0 Å². The van der Waals surface area contributed by atoms with Gasteiger partial charge in [0.25, 0.3) is 0 Å². The Balaban J connectivity index is 2.53. The second-order valence-corrected chi connectivity index (χ2v) is 5.27. The van der Waals surface area contributed by atoms with E-state index in [0.717, 1.165) is 11.1 Å². The molecule has 0 saturated carbocycles. The molecule has 0 spiro atoms. The molecule has 1 rings (SSSR count). The highest BCUT2D eigenvalue weighted by Crippen LogP contribution is 2.08. The van der Waals surface area contributed by atoms with Gasteiger partial charge in [-0.1, -0.05) is 24.3 Å². The number of alkyl carbamates (subject to hydrolysis) is 1. The maximum absolute atomic E-state index is 11.5. The van der Waals surface area contributed by atoms with Crippen molar-refractivity contribution >= 4 is 23.5 Å². The van der Waals surface area contributed by atoms with Gasteiger partial charge in [0.15, 0.2) is 0 Å². The number of rotatable bonds is 4. The molecule has 0 aliphatic carbocycles. The molecule has 1 N–H and O–H groups in total. The lowest BCUT2D eigenvalue weighted by atomic mass is 10.1. The first-order valence-electron chi connectivity index (χ1n) is 5.99. The molecule has 0 aromatic heterocycles. The number of benzene rings is 1. The summed E-state index contributed by atoms with van der Waals surface area (Å²) >= 11 is 4.53. The van der Waals surface area contributed by atoms with Gasteiger partial charge in [0.2, 0.25) is 0 Å². The normalized spacial score (nSPS) is 10.5. The summed E-state index contributed by atoms with van der Waals surface area (Å²) in [5.74, 6) is 0. The van der Waals surface area contributed by atoms with Crippen LogP contribution in [0.25, 0.3) is 0 Å². The van der Waals surface area contributed by atoms with Crippen molar-refractivity contribution in [3.05, 3.63) is 35.4 Å². The van der Waals surface area contributed by atoms with Gasteiger partial charge >= 0.3 is 6.09 Å².